The van der Waals surface area contributed by atoms with Gasteiger partial charge in [-0.1, -0.05) is 0 Å². The number of anilines is 1. The summed E-state index contributed by atoms with van der Waals surface area (Å²) in [7, 11) is 0. The number of aliphatic hydroxyl groups excluding tert-OH is 1. The lowest BCUT2D eigenvalue weighted by molar-refractivity contribution is -0.390. The van der Waals surface area contributed by atoms with E-state index in [9.17, 15) is 15.2 Å². The van der Waals surface area contributed by atoms with Gasteiger partial charge in [-0.15, -0.1) is 0 Å². The Morgan fingerprint density at radius 3 is 3.00 bits per heavy atom. The highest BCUT2D eigenvalue weighted by molar-refractivity contribution is 5.54. The van der Waals surface area contributed by atoms with Crippen LogP contribution in [-0.2, 0) is 0 Å². The minimum atomic E-state index is -0.704. The summed E-state index contributed by atoms with van der Waals surface area (Å²) in [5, 5.41) is 29.2. The van der Waals surface area contributed by atoms with Crippen molar-refractivity contribution in [3.63, 3.8) is 0 Å². The highest BCUT2D eigenvalue weighted by Crippen LogP contribution is 2.30. The summed E-state index contributed by atoms with van der Waals surface area (Å²) in [4.78, 5) is 15.6. The molecule has 104 valence electrons. The van der Waals surface area contributed by atoms with E-state index in [1.54, 1.807) is 0 Å². The van der Waals surface area contributed by atoms with Crippen LogP contribution < -0.4 is 4.90 Å². The fourth-order valence-corrected chi connectivity index (χ4v) is 2.47. The number of aromatic hydroxyl groups is 1. The predicted octanol–water partition coefficient (Wildman–Crippen LogP) is 1.29. The van der Waals surface area contributed by atoms with Crippen molar-refractivity contribution in [1.29, 1.82) is 0 Å². The highest BCUT2D eigenvalue weighted by atomic mass is 16.6. The minimum absolute atomic E-state index is 0.169. The van der Waals surface area contributed by atoms with Gasteiger partial charge < -0.3 is 25.2 Å². The molecule has 1 saturated heterocycles. The van der Waals surface area contributed by atoms with Crippen molar-refractivity contribution < 1.29 is 15.1 Å². The SMILES string of the molecule is O=[N+]([O-])c1ncc(N2CCCC(CCO)C2)cc1O. The molecule has 0 bridgehead atoms. The van der Waals surface area contributed by atoms with Gasteiger partial charge in [-0.2, -0.15) is 0 Å². The van der Waals surface area contributed by atoms with Gasteiger partial charge in [0.1, 0.15) is 0 Å². The van der Waals surface area contributed by atoms with Gasteiger partial charge in [0.05, 0.1) is 5.69 Å². The average Bonchev–Trinajstić information content (AvgIpc) is 2.39. The number of aromatic nitrogens is 1. The van der Waals surface area contributed by atoms with E-state index in [2.05, 4.69) is 4.98 Å². The van der Waals surface area contributed by atoms with Crippen molar-refractivity contribution >= 4 is 11.5 Å². The van der Waals surface area contributed by atoms with E-state index < -0.39 is 16.5 Å². The molecular weight excluding hydrogens is 250 g/mol. The van der Waals surface area contributed by atoms with Crippen LogP contribution in [0.3, 0.4) is 0 Å². The molecule has 1 aliphatic heterocycles. The molecule has 7 nitrogen and oxygen atoms in total. The summed E-state index contributed by atoms with van der Waals surface area (Å²) in [6, 6.07) is 1.38. The first-order valence-electron chi connectivity index (χ1n) is 6.31. The van der Waals surface area contributed by atoms with Crippen molar-refractivity contribution in [1.82, 2.24) is 4.98 Å². The first kappa shape index (κ1) is 13.5. The number of hydrogen-bond donors (Lipinski definition) is 2. The monoisotopic (exact) mass is 267 g/mol. The summed E-state index contributed by atoms with van der Waals surface area (Å²) in [5.74, 6) is -0.518. The zero-order valence-electron chi connectivity index (χ0n) is 10.5. The van der Waals surface area contributed by atoms with Crippen LogP contribution in [0.2, 0.25) is 0 Å². The van der Waals surface area contributed by atoms with Gasteiger partial charge in [-0.25, -0.2) is 0 Å². The smallest absolute Gasteiger partial charge is 0.406 e. The molecule has 0 saturated carbocycles. The quantitative estimate of drug-likeness (QED) is 0.630. The molecule has 1 aromatic heterocycles. The van der Waals surface area contributed by atoms with Gasteiger partial charge in [0, 0.05) is 25.8 Å². The summed E-state index contributed by atoms with van der Waals surface area (Å²) >= 11 is 0. The molecule has 1 fully saturated rings. The van der Waals surface area contributed by atoms with E-state index in [0.717, 1.165) is 32.4 Å². The molecule has 19 heavy (non-hydrogen) atoms. The van der Waals surface area contributed by atoms with E-state index in [4.69, 9.17) is 5.11 Å². The predicted molar refractivity (Wildman–Crippen MR) is 69.2 cm³/mol. The molecular formula is C12H17N3O4. The van der Waals surface area contributed by atoms with Gasteiger partial charge >= 0.3 is 5.82 Å². The van der Waals surface area contributed by atoms with Crippen LogP contribution in [0, 0.1) is 16.0 Å². The second-order valence-electron chi connectivity index (χ2n) is 4.76. The van der Waals surface area contributed by atoms with Crippen LogP contribution in [0.15, 0.2) is 12.3 Å². The van der Waals surface area contributed by atoms with Crippen molar-refractivity contribution in [2.75, 3.05) is 24.6 Å². The van der Waals surface area contributed by atoms with Crippen molar-refractivity contribution in [2.45, 2.75) is 19.3 Å². The summed E-state index contributed by atoms with van der Waals surface area (Å²) in [6.45, 7) is 1.78. The Hall–Kier alpha value is -1.89. The van der Waals surface area contributed by atoms with Crippen molar-refractivity contribution in [3.05, 3.63) is 22.4 Å². The number of pyridine rings is 1. The molecule has 0 amide bonds. The molecule has 1 aliphatic rings. The number of rotatable bonds is 4. The van der Waals surface area contributed by atoms with Crippen LogP contribution in [0.4, 0.5) is 11.5 Å². The minimum Gasteiger partial charge on any atom is -0.501 e. The van der Waals surface area contributed by atoms with Crippen LogP contribution in [0.1, 0.15) is 19.3 Å². The Balaban J connectivity index is 2.13. The molecule has 2 rings (SSSR count). The molecule has 7 heteroatoms. The van der Waals surface area contributed by atoms with Crippen LogP contribution in [0.5, 0.6) is 5.75 Å². The first-order chi connectivity index (χ1) is 9.11. The number of aliphatic hydroxyl groups is 1. The molecule has 1 aromatic rings. The molecule has 1 unspecified atom stereocenters. The van der Waals surface area contributed by atoms with Gasteiger partial charge in [0.15, 0.2) is 6.20 Å². The zero-order valence-corrected chi connectivity index (χ0v) is 10.5. The maximum absolute atomic E-state index is 10.6. The molecule has 1 atom stereocenters. The van der Waals surface area contributed by atoms with Gasteiger partial charge in [0.2, 0.25) is 5.75 Å². The van der Waals surface area contributed by atoms with Gasteiger partial charge in [-0.3, -0.25) is 0 Å². The maximum atomic E-state index is 10.6. The summed E-state index contributed by atoms with van der Waals surface area (Å²) < 4.78 is 0. The average molecular weight is 267 g/mol. The summed E-state index contributed by atoms with van der Waals surface area (Å²) in [6.07, 6.45) is 4.24. The Kier molecular flexibility index (Phi) is 4.16. The zero-order chi connectivity index (χ0) is 13.8. The van der Waals surface area contributed by atoms with E-state index in [1.807, 2.05) is 4.90 Å². The third kappa shape index (κ3) is 3.11. The third-order valence-electron chi connectivity index (χ3n) is 3.43. The second-order valence-corrected chi connectivity index (χ2v) is 4.76. The van der Waals surface area contributed by atoms with E-state index >= 15 is 0 Å². The number of nitro groups is 1. The Morgan fingerprint density at radius 2 is 2.37 bits per heavy atom. The van der Waals surface area contributed by atoms with E-state index in [1.165, 1.54) is 12.3 Å². The number of hydrogen-bond acceptors (Lipinski definition) is 6. The van der Waals surface area contributed by atoms with Crippen LogP contribution in [0.25, 0.3) is 0 Å². The van der Waals surface area contributed by atoms with Crippen molar-refractivity contribution in [3.8, 4) is 5.75 Å². The van der Waals surface area contributed by atoms with Crippen molar-refractivity contribution in [2.24, 2.45) is 5.92 Å². The Morgan fingerprint density at radius 1 is 1.58 bits per heavy atom. The molecule has 0 spiro atoms. The molecule has 0 aromatic carbocycles. The fourth-order valence-electron chi connectivity index (χ4n) is 2.47. The molecule has 2 N–H and O–H groups in total. The molecule has 0 radical (unpaired) electrons. The van der Waals surface area contributed by atoms with E-state index in [0.29, 0.717) is 11.6 Å². The normalized spacial score (nSPS) is 19.4. The lowest BCUT2D eigenvalue weighted by Crippen LogP contribution is -2.35. The van der Waals surface area contributed by atoms with Gasteiger partial charge in [-0.05, 0) is 35.1 Å². The highest BCUT2D eigenvalue weighted by Gasteiger charge is 2.23. The summed E-state index contributed by atoms with van der Waals surface area (Å²) in [5.41, 5.74) is 0.686. The third-order valence-corrected chi connectivity index (χ3v) is 3.43. The van der Waals surface area contributed by atoms with Crippen LogP contribution in [-0.4, -0.2) is 39.8 Å². The molecule has 0 aliphatic carbocycles. The number of piperidine rings is 1. The standard InChI is InChI=1S/C12H17N3O4/c16-5-3-9-2-1-4-14(8-9)10-6-11(17)12(13-7-10)15(18)19/h6-7,9,16-17H,1-5,8H2. The van der Waals surface area contributed by atoms with Gasteiger partial charge in [0.25, 0.3) is 0 Å². The second kappa shape index (κ2) is 5.83. The lowest BCUT2D eigenvalue weighted by Gasteiger charge is -2.33. The Bertz CT molecular complexity index is 464. The topological polar surface area (TPSA) is 99.7 Å². The Labute approximate surface area is 110 Å². The fraction of sp³-hybridized carbons (Fsp3) is 0.583. The number of nitrogens with zero attached hydrogens (tertiary/aromatic N) is 3. The lowest BCUT2D eigenvalue weighted by atomic mass is 9.95. The first-order valence-corrected chi connectivity index (χ1v) is 6.31. The largest absolute Gasteiger partial charge is 0.501 e. The maximum Gasteiger partial charge on any atom is 0.406 e. The molecule has 2 heterocycles. The van der Waals surface area contributed by atoms with E-state index in [-0.39, 0.29) is 6.61 Å². The van der Waals surface area contributed by atoms with Crippen LogP contribution >= 0.6 is 0 Å².